The lowest BCUT2D eigenvalue weighted by Gasteiger charge is -2.13. The second kappa shape index (κ2) is 25.9. The van der Waals surface area contributed by atoms with Gasteiger partial charge in [-0.2, -0.15) is 5.10 Å². The molecule has 332 valence electrons. The van der Waals surface area contributed by atoms with Crippen molar-refractivity contribution in [2.75, 3.05) is 31.9 Å². The van der Waals surface area contributed by atoms with Crippen molar-refractivity contribution in [1.29, 1.82) is 0 Å². The van der Waals surface area contributed by atoms with Crippen molar-refractivity contribution < 1.29 is 38.0 Å². The Balaban J connectivity index is 0.994. The van der Waals surface area contributed by atoms with Crippen LogP contribution in [0, 0.1) is 0 Å². The number of hydrogen-bond acceptors (Lipinski definition) is 12. The Kier molecular flexibility index (Phi) is 18.8. The van der Waals surface area contributed by atoms with Crippen LogP contribution >= 0.6 is 11.3 Å². The Morgan fingerprint density at radius 3 is 1.67 bits per heavy atom. The number of para-hydroxylation sites is 1. The molecule has 0 saturated carbocycles. The average Bonchev–Trinajstić information content (AvgIpc) is 3.75. The predicted octanol–water partition coefficient (Wildman–Crippen LogP) is 11.9. The van der Waals surface area contributed by atoms with Crippen molar-refractivity contribution in [3.8, 4) is 34.1 Å². The van der Waals surface area contributed by atoms with Gasteiger partial charge < -0.3 is 28.4 Å². The predicted molar refractivity (Wildman–Crippen MR) is 255 cm³/mol. The van der Waals surface area contributed by atoms with Crippen LogP contribution in [0.4, 0.5) is 5.13 Å². The largest absolute Gasteiger partial charge is 0.494 e. The summed E-state index contributed by atoms with van der Waals surface area (Å²) < 4.78 is 35.5. The average molecular weight is 882 g/mol. The Morgan fingerprint density at radius 2 is 1.09 bits per heavy atom. The molecule has 0 fully saturated rings. The molecule has 0 aliphatic rings. The molecule has 0 bridgehead atoms. The minimum absolute atomic E-state index is 0.364. The summed E-state index contributed by atoms with van der Waals surface area (Å²) in [4.78, 5) is 26.9. The normalized spacial score (nSPS) is 10.9. The van der Waals surface area contributed by atoms with E-state index in [0.29, 0.717) is 50.5 Å². The quantitative estimate of drug-likeness (QED) is 0.0167. The van der Waals surface area contributed by atoms with Gasteiger partial charge in [0.15, 0.2) is 0 Å². The number of anilines is 1. The number of aromatic nitrogens is 1. The van der Waals surface area contributed by atoms with Gasteiger partial charge in [-0.25, -0.2) is 14.6 Å². The number of nitrogens with one attached hydrogen (secondary N) is 1. The van der Waals surface area contributed by atoms with Crippen LogP contribution in [0.15, 0.2) is 146 Å². The molecule has 1 N–H and O–H groups in total. The molecule has 0 aliphatic heterocycles. The van der Waals surface area contributed by atoms with E-state index >= 15 is 0 Å². The van der Waals surface area contributed by atoms with Gasteiger partial charge in [-0.15, -0.1) is 0 Å². The van der Waals surface area contributed by atoms with Crippen LogP contribution in [-0.2, 0) is 32.3 Å². The van der Waals surface area contributed by atoms with Crippen LogP contribution < -0.4 is 24.4 Å². The first-order chi connectivity index (χ1) is 31.4. The molecule has 0 saturated heterocycles. The number of carbonyl (C=O) groups excluding carboxylic acids is 2. The van der Waals surface area contributed by atoms with Crippen molar-refractivity contribution in [2.45, 2.75) is 64.6 Å². The first-order valence-corrected chi connectivity index (χ1v) is 22.4. The SMILES string of the molecule is C=CC(=O)OCCCCCCOc1ccc(COc2ccc(-c3ccc(OCc4ccc(OCCCCCCOC(=O)C=C)cc4)c(/C=N/Nc4nc5ccccc5s4)c3)cc2)cc1. The minimum atomic E-state index is -0.380. The lowest BCUT2D eigenvalue weighted by atomic mass is 10.0. The Hall–Kier alpha value is -6.92. The first kappa shape index (κ1) is 46.6. The summed E-state index contributed by atoms with van der Waals surface area (Å²) in [6.45, 7) is 9.69. The van der Waals surface area contributed by atoms with Gasteiger partial charge in [-0.1, -0.05) is 79.1 Å². The van der Waals surface area contributed by atoms with Gasteiger partial charge in [0.05, 0.1) is 42.9 Å². The zero-order valence-electron chi connectivity index (χ0n) is 36.1. The summed E-state index contributed by atoms with van der Waals surface area (Å²) in [7, 11) is 0. The van der Waals surface area contributed by atoms with Crippen molar-refractivity contribution in [3.63, 3.8) is 0 Å². The van der Waals surface area contributed by atoms with E-state index in [-0.39, 0.29) is 11.9 Å². The number of carbonyl (C=O) groups is 2. The van der Waals surface area contributed by atoms with E-state index in [1.807, 2.05) is 109 Å². The molecule has 12 heteroatoms. The van der Waals surface area contributed by atoms with Gasteiger partial charge in [0, 0.05) is 17.7 Å². The van der Waals surface area contributed by atoms with Crippen LogP contribution in [0.1, 0.15) is 68.1 Å². The summed E-state index contributed by atoms with van der Waals surface area (Å²) in [6.07, 6.45) is 11.6. The number of thiazole rings is 1. The molecule has 5 aromatic carbocycles. The number of unbranched alkanes of at least 4 members (excludes halogenated alkanes) is 6. The Morgan fingerprint density at radius 1 is 0.578 bits per heavy atom. The Bertz CT molecular complexity index is 2380. The maximum atomic E-state index is 11.1. The molecular formula is C52H55N3O8S. The maximum Gasteiger partial charge on any atom is 0.330 e. The third-order valence-electron chi connectivity index (χ3n) is 9.94. The fourth-order valence-electron chi connectivity index (χ4n) is 6.43. The molecule has 1 aromatic heterocycles. The van der Waals surface area contributed by atoms with Crippen molar-refractivity contribution >= 4 is 44.8 Å². The van der Waals surface area contributed by atoms with E-state index in [0.717, 1.165) is 107 Å². The zero-order chi connectivity index (χ0) is 44.6. The number of ether oxygens (including phenoxy) is 6. The molecule has 0 radical (unpaired) electrons. The van der Waals surface area contributed by atoms with Crippen molar-refractivity contribution in [3.05, 3.63) is 157 Å². The van der Waals surface area contributed by atoms with Crippen LogP contribution in [-0.4, -0.2) is 49.6 Å². The first-order valence-electron chi connectivity index (χ1n) is 21.6. The van der Waals surface area contributed by atoms with Gasteiger partial charge in [-0.05, 0) is 134 Å². The maximum absolute atomic E-state index is 11.1. The molecule has 64 heavy (non-hydrogen) atoms. The van der Waals surface area contributed by atoms with Gasteiger partial charge in [0.2, 0.25) is 5.13 Å². The summed E-state index contributed by atoms with van der Waals surface area (Å²) in [6, 6.07) is 38.0. The number of benzene rings is 5. The Labute approximate surface area is 379 Å². The van der Waals surface area contributed by atoms with Gasteiger partial charge in [-0.3, -0.25) is 5.43 Å². The highest BCUT2D eigenvalue weighted by molar-refractivity contribution is 7.22. The molecule has 0 aliphatic carbocycles. The zero-order valence-corrected chi connectivity index (χ0v) is 36.9. The summed E-state index contributed by atoms with van der Waals surface area (Å²) in [5.74, 6) is 2.33. The van der Waals surface area contributed by atoms with Crippen LogP contribution in [0.3, 0.4) is 0 Å². The molecule has 6 rings (SSSR count). The van der Waals surface area contributed by atoms with Gasteiger partial charge in [0.1, 0.15) is 36.2 Å². The number of esters is 2. The molecule has 6 aromatic rings. The fourth-order valence-corrected chi connectivity index (χ4v) is 7.25. The molecular weight excluding hydrogens is 827 g/mol. The molecule has 0 atom stereocenters. The lowest BCUT2D eigenvalue weighted by molar-refractivity contribution is -0.138. The number of rotatable bonds is 28. The molecule has 11 nitrogen and oxygen atoms in total. The standard InChI is InChI=1S/C52H55N3O8S/c1-3-50(56)60-33-13-7-5-11-31-58-44-24-17-39(18-25-44)37-62-46-28-21-41(22-29-46)42-23-30-48(43(35-42)36-53-55-52-54-47-15-9-10-16-49(47)64-52)63-38-40-19-26-45(27-20-40)59-32-12-6-8-14-34-61-51(57)4-2/h3-4,9-10,15-30,35-36H,1-2,5-8,11-14,31-34,37-38H2,(H,54,55)/b53-36+. The monoisotopic (exact) mass is 881 g/mol. The summed E-state index contributed by atoms with van der Waals surface area (Å²) >= 11 is 1.54. The van der Waals surface area contributed by atoms with E-state index in [1.54, 1.807) is 17.6 Å². The van der Waals surface area contributed by atoms with Gasteiger partial charge >= 0.3 is 11.9 Å². The van der Waals surface area contributed by atoms with Crippen molar-refractivity contribution in [2.24, 2.45) is 5.10 Å². The van der Waals surface area contributed by atoms with Gasteiger partial charge in [0.25, 0.3) is 0 Å². The second-order valence-electron chi connectivity index (χ2n) is 14.8. The van der Waals surface area contributed by atoms with Crippen LogP contribution in [0.5, 0.6) is 23.0 Å². The molecule has 0 spiro atoms. The lowest BCUT2D eigenvalue weighted by Crippen LogP contribution is -2.02. The van der Waals surface area contributed by atoms with E-state index in [2.05, 4.69) is 34.7 Å². The minimum Gasteiger partial charge on any atom is -0.494 e. The molecule has 0 amide bonds. The summed E-state index contributed by atoms with van der Waals surface area (Å²) in [5, 5.41) is 5.26. The van der Waals surface area contributed by atoms with Crippen LogP contribution in [0.25, 0.3) is 21.3 Å². The number of fused-ring (bicyclic) bond motifs is 1. The van der Waals surface area contributed by atoms with E-state index in [1.165, 1.54) is 12.2 Å². The number of hydrazone groups is 1. The highest BCUT2D eigenvalue weighted by Crippen LogP contribution is 2.30. The molecule has 0 unspecified atom stereocenters. The topological polar surface area (TPSA) is 127 Å². The van der Waals surface area contributed by atoms with E-state index in [9.17, 15) is 9.59 Å². The third-order valence-corrected chi connectivity index (χ3v) is 10.9. The summed E-state index contributed by atoms with van der Waals surface area (Å²) in [5.41, 5.74) is 8.90. The second-order valence-corrected chi connectivity index (χ2v) is 15.8. The number of hydrogen-bond donors (Lipinski definition) is 1. The fraction of sp³-hybridized carbons (Fsp3) is 0.269. The third kappa shape index (κ3) is 15.8. The highest BCUT2D eigenvalue weighted by atomic mass is 32.1. The number of nitrogens with zero attached hydrogens (tertiary/aromatic N) is 2. The van der Waals surface area contributed by atoms with Crippen molar-refractivity contribution in [1.82, 2.24) is 4.98 Å². The van der Waals surface area contributed by atoms with Crippen LogP contribution in [0.2, 0.25) is 0 Å². The van der Waals surface area contributed by atoms with E-state index < -0.39 is 0 Å². The molecule has 1 heterocycles. The van der Waals surface area contributed by atoms with E-state index in [4.69, 9.17) is 28.4 Å². The smallest absolute Gasteiger partial charge is 0.330 e. The highest BCUT2D eigenvalue weighted by Gasteiger charge is 2.09.